The molecular formula is C24H40N2Si2Zr. The number of hydrogen-bond acceptors (Lipinski definition) is 2. The van der Waals surface area contributed by atoms with Crippen molar-refractivity contribution in [2.45, 2.75) is 78.6 Å². The number of nitrogens with zero attached hydrogens (tertiary/aromatic N) is 2. The zero-order valence-corrected chi connectivity index (χ0v) is 24.1. The van der Waals surface area contributed by atoms with Crippen LogP contribution in [0.25, 0.3) is 0 Å². The summed E-state index contributed by atoms with van der Waals surface area (Å²) in [6, 6.07) is 0. The van der Waals surface area contributed by atoms with Crippen molar-refractivity contribution in [2.75, 3.05) is 26.2 Å². The Morgan fingerprint density at radius 2 is 1.00 bits per heavy atom. The van der Waals surface area contributed by atoms with E-state index in [4.69, 9.17) is 0 Å². The van der Waals surface area contributed by atoms with E-state index in [0.717, 1.165) is 0 Å². The average molecular weight is 504 g/mol. The topological polar surface area (TPSA) is 6.48 Å². The van der Waals surface area contributed by atoms with Crippen LogP contribution < -0.4 is 0 Å². The maximum absolute atomic E-state index is 2.90. The quantitative estimate of drug-likeness (QED) is 0.413. The van der Waals surface area contributed by atoms with Crippen LogP contribution in [0.5, 0.6) is 0 Å². The van der Waals surface area contributed by atoms with Crippen molar-refractivity contribution >= 4 is 16.5 Å². The van der Waals surface area contributed by atoms with Gasteiger partial charge >= 0.3 is 194 Å². The zero-order valence-electron chi connectivity index (χ0n) is 19.6. The molecule has 0 amide bonds. The second-order valence-corrected chi connectivity index (χ2v) is 22.6. The molecule has 2 aliphatic carbocycles. The maximum atomic E-state index is 2.90. The van der Waals surface area contributed by atoms with Crippen molar-refractivity contribution in [3.63, 3.8) is 0 Å². The summed E-state index contributed by atoms with van der Waals surface area (Å²) in [5.41, 5.74) is 3.29. The molecule has 4 rings (SSSR count). The Bertz CT molecular complexity index is 726. The molecule has 2 heterocycles. The second kappa shape index (κ2) is 8.62. The second-order valence-electron chi connectivity index (χ2n) is 10.5. The van der Waals surface area contributed by atoms with E-state index in [0.29, 0.717) is 0 Å². The van der Waals surface area contributed by atoms with Crippen LogP contribution >= 0.6 is 0 Å². The fourth-order valence-electron chi connectivity index (χ4n) is 6.38. The molecule has 4 aliphatic rings. The van der Waals surface area contributed by atoms with Crippen LogP contribution in [-0.2, 0) is 23.2 Å². The first-order valence-corrected chi connectivity index (χ1v) is 20.2. The molecule has 0 aromatic heterocycles. The SMILES string of the molecule is CC1=CC[C]([Zr][C]2=C([Si](C)(C)N3CCCC3)C(C)=CC2)=C1[Si](C)(C)N1CCCC1. The van der Waals surface area contributed by atoms with Crippen LogP contribution in [0.15, 0.2) is 40.3 Å². The Labute approximate surface area is 192 Å². The Morgan fingerprint density at radius 1 is 0.655 bits per heavy atom. The van der Waals surface area contributed by atoms with Crippen LogP contribution in [0.1, 0.15) is 52.4 Å². The molecule has 0 aromatic rings. The predicted octanol–water partition coefficient (Wildman–Crippen LogP) is 5.96. The third kappa shape index (κ3) is 4.16. The molecular weight excluding hydrogens is 464 g/mol. The van der Waals surface area contributed by atoms with E-state index < -0.39 is 39.7 Å². The minimum absolute atomic E-state index is 0.689. The standard InChI is InChI=1S/2C12H20NSi.Zr/c2*1-11-7-6-8-12(11)14(2,3)13-9-4-5-10-13;/h2*7H,4-6,9-10H2,1-3H3;. The van der Waals surface area contributed by atoms with Gasteiger partial charge in [0.2, 0.25) is 0 Å². The molecule has 2 fully saturated rings. The fourth-order valence-corrected chi connectivity index (χ4v) is 22.4. The summed E-state index contributed by atoms with van der Waals surface area (Å²) in [5, 5.41) is 3.76. The molecule has 0 N–H and O–H groups in total. The first-order valence-electron chi connectivity index (χ1n) is 11.8. The molecule has 0 aromatic carbocycles. The summed E-state index contributed by atoms with van der Waals surface area (Å²) >= 11 is -0.689. The monoisotopic (exact) mass is 502 g/mol. The van der Waals surface area contributed by atoms with Gasteiger partial charge in [0, 0.05) is 0 Å². The van der Waals surface area contributed by atoms with Gasteiger partial charge in [-0.2, -0.15) is 0 Å². The third-order valence-electron chi connectivity index (χ3n) is 7.94. The Kier molecular flexibility index (Phi) is 6.65. The van der Waals surface area contributed by atoms with Gasteiger partial charge in [-0.1, -0.05) is 0 Å². The van der Waals surface area contributed by atoms with Crippen LogP contribution in [0.2, 0.25) is 26.2 Å². The van der Waals surface area contributed by atoms with Crippen LogP contribution in [0.4, 0.5) is 0 Å². The molecule has 0 atom stereocenters. The van der Waals surface area contributed by atoms with Crippen molar-refractivity contribution in [1.29, 1.82) is 0 Å². The van der Waals surface area contributed by atoms with Gasteiger partial charge in [0.15, 0.2) is 0 Å². The molecule has 0 radical (unpaired) electrons. The van der Waals surface area contributed by atoms with Gasteiger partial charge in [0.25, 0.3) is 0 Å². The van der Waals surface area contributed by atoms with E-state index in [1.807, 2.05) is 17.0 Å². The molecule has 5 heteroatoms. The van der Waals surface area contributed by atoms with E-state index in [2.05, 4.69) is 61.3 Å². The summed E-state index contributed by atoms with van der Waals surface area (Å²) in [5.74, 6) is 0. The zero-order chi connectivity index (χ0) is 20.8. The number of hydrogen-bond donors (Lipinski definition) is 0. The molecule has 0 saturated carbocycles. The number of allylic oxidation sites excluding steroid dienone is 8. The summed E-state index contributed by atoms with van der Waals surface area (Å²) < 4.78 is 9.69. The van der Waals surface area contributed by atoms with E-state index >= 15 is 0 Å². The Balaban J connectivity index is 1.67. The predicted molar refractivity (Wildman–Crippen MR) is 127 cm³/mol. The fraction of sp³-hybridized carbons (Fsp3) is 0.667. The molecule has 0 bridgehead atoms. The van der Waals surface area contributed by atoms with Gasteiger partial charge in [-0.3, -0.25) is 0 Å². The van der Waals surface area contributed by atoms with E-state index in [9.17, 15) is 0 Å². The van der Waals surface area contributed by atoms with E-state index in [-0.39, 0.29) is 0 Å². The molecule has 2 saturated heterocycles. The van der Waals surface area contributed by atoms with Gasteiger partial charge in [0.05, 0.1) is 0 Å². The minimum atomic E-state index is -1.50. The molecule has 0 unspecified atom stereocenters. The van der Waals surface area contributed by atoms with Crippen molar-refractivity contribution in [2.24, 2.45) is 0 Å². The first-order chi connectivity index (χ1) is 13.7. The average Bonchev–Trinajstić information content (AvgIpc) is 3.43. The van der Waals surface area contributed by atoms with Gasteiger partial charge in [0.1, 0.15) is 0 Å². The Morgan fingerprint density at radius 3 is 1.34 bits per heavy atom. The van der Waals surface area contributed by atoms with E-state index in [1.165, 1.54) is 64.7 Å². The summed E-state index contributed by atoms with van der Waals surface area (Å²) in [6.07, 6.45) is 13.4. The van der Waals surface area contributed by atoms with Crippen molar-refractivity contribution < 1.29 is 23.2 Å². The summed E-state index contributed by atoms with van der Waals surface area (Å²) in [7, 11) is -2.99. The van der Waals surface area contributed by atoms with Crippen LogP contribution in [0.3, 0.4) is 0 Å². The molecule has 2 nitrogen and oxygen atoms in total. The molecule has 0 spiro atoms. The molecule has 29 heavy (non-hydrogen) atoms. The van der Waals surface area contributed by atoms with Crippen LogP contribution in [-0.4, -0.2) is 51.8 Å². The van der Waals surface area contributed by atoms with Crippen molar-refractivity contribution in [3.05, 3.63) is 40.3 Å². The van der Waals surface area contributed by atoms with Gasteiger partial charge < -0.3 is 0 Å². The summed E-state index contributed by atoms with van der Waals surface area (Å²) in [4.78, 5) is 0. The molecule has 2 aliphatic heterocycles. The van der Waals surface area contributed by atoms with Crippen LogP contribution in [0, 0.1) is 0 Å². The van der Waals surface area contributed by atoms with Crippen molar-refractivity contribution in [3.8, 4) is 0 Å². The normalized spacial score (nSPS) is 24.8. The van der Waals surface area contributed by atoms with E-state index in [1.54, 1.807) is 11.1 Å². The van der Waals surface area contributed by atoms with Crippen molar-refractivity contribution in [1.82, 2.24) is 9.13 Å². The van der Waals surface area contributed by atoms with Gasteiger partial charge in [-0.25, -0.2) is 0 Å². The Hall–Kier alpha value is 0.197. The number of rotatable bonds is 6. The summed E-state index contributed by atoms with van der Waals surface area (Å²) in [6.45, 7) is 20.8. The van der Waals surface area contributed by atoms with Gasteiger partial charge in [-0.15, -0.1) is 0 Å². The van der Waals surface area contributed by atoms with Gasteiger partial charge in [-0.05, 0) is 0 Å². The third-order valence-corrected chi connectivity index (χ3v) is 20.8. The molecule has 158 valence electrons. The first kappa shape index (κ1) is 22.4.